The van der Waals surface area contributed by atoms with Crippen molar-refractivity contribution in [1.82, 2.24) is 4.57 Å². The summed E-state index contributed by atoms with van der Waals surface area (Å²) in [5.41, 5.74) is 1.32. The predicted octanol–water partition coefficient (Wildman–Crippen LogP) is 5.64. The molecular formula is C20H22F3NO3. The second-order valence-corrected chi connectivity index (χ2v) is 6.99. The SMILES string of the molecule is Cc1c(C(=O)O)cc(-c2ccccc2OC(F)(F)F)n1CC1CCCCC1. The van der Waals surface area contributed by atoms with Gasteiger partial charge in [0.05, 0.1) is 11.3 Å². The Balaban J connectivity index is 2.07. The van der Waals surface area contributed by atoms with Crippen molar-refractivity contribution in [3.05, 3.63) is 41.6 Å². The summed E-state index contributed by atoms with van der Waals surface area (Å²) in [5, 5.41) is 9.49. The van der Waals surface area contributed by atoms with E-state index in [9.17, 15) is 23.1 Å². The van der Waals surface area contributed by atoms with E-state index in [-0.39, 0.29) is 16.9 Å². The second-order valence-electron chi connectivity index (χ2n) is 6.99. The van der Waals surface area contributed by atoms with Crippen molar-refractivity contribution in [3.8, 4) is 17.0 Å². The van der Waals surface area contributed by atoms with Crippen molar-refractivity contribution in [3.63, 3.8) is 0 Å². The third-order valence-electron chi connectivity index (χ3n) is 5.15. The van der Waals surface area contributed by atoms with E-state index in [0.29, 0.717) is 23.9 Å². The van der Waals surface area contributed by atoms with Crippen LogP contribution in [0.3, 0.4) is 0 Å². The minimum absolute atomic E-state index is 0.0996. The number of aromatic nitrogens is 1. The molecule has 7 heteroatoms. The highest BCUT2D eigenvalue weighted by Gasteiger charge is 2.33. The van der Waals surface area contributed by atoms with E-state index in [4.69, 9.17) is 0 Å². The van der Waals surface area contributed by atoms with E-state index >= 15 is 0 Å². The fourth-order valence-corrected chi connectivity index (χ4v) is 3.84. The fraction of sp³-hybridized carbons (Fsp3) is 0.450. The van der Waals surface area contributed by atoms with Crippen LogP contribution in [-0.2, 0) is 6.54 Å². The molecular weight excluding hydrogens is 359 g/mol. The predicted molar refractivity (Wildman–Crippen MR) is 94.8 cm³/mol. The number of hydrogen-bond donors (Lipinski definition) is 1. The summed E-state index contributed by atoms with van der Waals surface area (Å²) in [6, 6.07) is 7.30. The first-order chi connectivity index (χ1) is 12.8. The van der Waals surface area contributed by atoms with E-state index in [1.54, 1.807) is 13.0 Å². The average Bonchev–Trinajstić information content (AvgIpc) is 2.92. The molecule has 1 N–H and O–H groups in total. The molecule has 0 unspecified atom stereocenters. The monoisotopic (exact) mass is 381 g/mol. The number of para-hydroxylation sites is 1. The summed E-state index contributed by atoms with van der Waals surface area (Å²) < 4.78 is 44.4. The van der Waals surface area contributed by atoms with Gasteiger partial charge in [0.2, 0.25) is 0 Å². The molecule has 1 heterocycles. The van der Waals surface area contributed by atoms with Gasteiger partial charge in [0.15, 0.2) is 0 Å². The molecule has 4 nitrogen and oxygen atoms in total. The van der Waals surface area contributed by atoms with Gasteiger partial charge in [0.25, 0.3) is 0 Å². The van der Waals surface area contributed by atoms with Crippen LogP contribution in [0.15, 0.2) is 30.3 Å². The largest absolute Gasteiger partial charge is 0.573 e. The Labute approximate surface area is 155 Å². The quantitative estimate of drug-likeness (QED) is 0.729. The van der Waals surface area contributed by atoms with Crippen LogP contribution in [0.25, 0.3) is 11.3 Å². The highest BCUT2D eigenvalue weighted by molar-refractivity contribution is 5.91. The number of rotatable bonds is 5. The molecule has 0 bridgehead atoms. The van der Waals surface area contributed by atoms with Crippen LogP contribution in [-0.4, -0.2) is 22.0 Å². The standard InChI is InChI=1S/C20H22F3NO3/c1-13-16(19(25)26)11-17(24(13)12-14-7-3-2-4-8-14)15-9-5-6-10-18(15)27-20(21,22)23/h5-6,9-11,14H,2-4,7-8,12H2,1H3,(H,25,26). The van der Waals surface area contributed by atoms with Gasteiger partial charge in [0, 0.05) is 17.8 Å². The molecule has 1 saturated carbocycles. The van der Waals surface area contributed by atoms with Crippen LogP contribution < -0.4 is 4.74 Å². The number of hydrogen-bond acceptors (Lipinski definition) is 2. The molecule has 3 rings (SSSR count). The van der Waals surface area contributed by atoms with Gasteiger partial charge in [-0.05, 0) is 43.9 Å². The third-order valence-corrected chi connectivity index (χ3v) is 5.15. The Morgan fingerprint density at radius 2 is 1.89 bits per heavy atom. The zero-order valence-corrected chi connectivity index (χ0v) is 15.1. The van der Waals surface area contributed by atoms with Crippen LogP contribution in [0.5, 0.6) is 5.75 Å². The normalized spacial score (nSPS) is 15.7. The van der Waals surface area contributed by atoms with Gasteiger partial charge < -0.3 is 14.4 Å². The number of ether oxygens (including phenoxy) is 1. The van der Waals surface area contributed by atoms with Gasteiger partial charge in [-0.1, -0.05) is 31.4 Å². The molecule has 1 aromatic heterocycles. The summed E-state index contributed by atoms with van der Waals surface area (Å²) in [5.74, 6) is -1.03. The molecule has 146 valence electrons. The molecule has 0 saturated heterocycles. The second kappa shape index (κ2) is 7.66. The first-order valence-corrected chi connectivity index (χ1v) is 9.05. The summed E-state index contributed by atoms with van der Waals surface area (Å²) >= 11 is 0. The van der Waals surface area contributed by atoms with Gasteiger partial charge in [0.1, 0.15) is 5.75 Å². The summed E-state index contributed by atoms with van der Waals surface area (Å²) in [4.78, 5) is 11.6. The Morgan fingerprint density at radius 3 is 2.52 bits per heavy atom. The van der Waals surface area contributed by atoms with Crippen LogP contribution in [0, 0.1) is 12.8 Å². The number of halogens is 3. The maximum Gasteiger partial charge on any atom is 0.573 e. The summed E-state index contributed by atoms with van der Waals surface area (Å²) in [6.45, 7) is 2.29. The van der Waals surface area contributed by atoms with Crippen molar-refractivity contribution in [2.45, 2.75) is 51.9 Å². The van der Waals surface area contributed by atoms with Crippen LogP contribution in [0.1, 0.15) is 48.2 Å². The van der Waals surface area contributed by atoms with Crippen molar-refractivity contribution in [2.24, 2.45) is 5.92 Å². The molecule has 0 amide bonds. The van der Waals surface area contributed by atoms with Gasteiger partial charge >= 0.3 is 12.3 Å². The number of alkyl halides is 3. The molecule has 1 aromatic carbocycles. The zero-order valence-electron chi connectivity index (χ0n) is 15.1. The lowest BCUT2D eigenvalue weighted by Crippen LogP contribution is -2.18. The number of carboxylic acids is 1. The fourth-order valence-electron chi connectivity index (χ4n) is 3.84. The van der Waals surface area contributed by atoms with E-state index in [0.717, 1.165) is 25.7 Å². The summed E-state index contributed by atoms with van der Waals surface area (Å²) in [6.07, 6.45) is 0.707. The lowest BCUT2D eigenvalue weighted by atomic mass is 9.89. The molecule has 0 aliphatic heterocycles. The number of carboxylic acid groups (broad SMARTS) is 1. The number of carbonyl (C=O) groups is 1. The Hall–Kier alpha value is -2.44. The van der Waals surface area contributed by atoms with Gasteiger partial charge in [-0.2, -0.15) is 0 Å². The lowest BCUT2D eigenvalue weighted by molar-refractivity contribution is -0.274. The molecule has 1 aliphatic carbocycles. The zero-order chi connectivity index (χ0) is 19.6. The molecule has 1 aliphatic rings. The van der Waals surface area contributed by atoms with E-state index in [1.807, 2.05) is 4.57 Å². The molecule has 1 fully saturated rings. The minimum atomic E-state index is -4.82. The van der Waals surface area contributed by atoms with Crippen molar-refractivity contribution >= 4 is 5.97 Å². The van der Waals surface area contributed by atoms with Crippen LogP contribution in [0.4, 0.5) is 13.2 Å². The van der Waals surface area contributed by atoms with Crippen LogP contribution >= 0.6 is 0 Å². The van der Waals surface area contributed by atoms with Crippen molar-refractivity contribution in [2.75, 3.05) is 0 Å². The third kappa shape index (κ3) is 4.46. The molecule has 27 heavy (non-hydrogen) atoms. The molecule has 0 radical (unpaired) electrons. The maximum absolute atomic E-state index is 12.8. The molecule has 2 aromatic rings. The van der Waals surface area contributed by atoms with Crippen LogP contribution in [0.2, 0.25) is 0 Å². The van der Waals surface area contributed by atoms with Crippen molar-refractivity contribution < 1.29 is 27.8 Å². The van der Waals surface area contributed by atoms with Gasteiger partial charge in [-0.3, -0.25) is 0 Å². The lowest BCUT2D eigenvalue weighted by Gasteiger charge is -2.24. The number of nitrogens with zero attached hydrogens (tertiary/aromatic N) is 1. The summed E-state index contributed by atoms with van der Waals surface area (Å²) in [7, 11) is 0. The Morgan fingerprint density at radius 1 is 1.22 bits per heavy atom. The molecule has 0 spiro atoms. The highest BCUT2D eigenvalue weighted by Crippen LogP contribution is 2.37. The van der Waals surface area contributed by atoms with Crippen molar-refractivity contribution in [1.29, 1.82) is 0 Å². The average molecular weight is 381 g/mol. The number of aromatic carboxylic acids is 1. The Bertz CT molecular complexity index is 820. The Kier molecular flexibility index (Phi) is 5.48. The van der Waals surface area contributed by atoms with E-state index < -0.39 is 12.3 Å². The minimum Gasteiger partial charge on any atom is -0.478 e. The van der Waals surface area contributed by atoms with Gasteiger partial charge in [-0.25, -0.2) is 4.79 Å². The van der Waals surface area contributed by atoms with E-state index in [2.05, 4.69) is 4.74 Å². The highest BCUT2D eigenvalue weighted by atomic mass is 19.4. The smallest absolute Gasteiger partial charge is 0.478 e. The molecule has 0 atom stereocenters. The van der Waals surface area contributed by atoms with Gasteiger partial charge in [-0.15, -0.1) is 13.2 Å². The maximum atomic E-state index is 12.8. The first kappa shape index (κ1) is 19.3. The topological polar surface area (TPSA) is 51.5 Å². The van der Waals surface area contributed by atoms with E-state index in [1.165, 1.54) is 30.7 Å². The first-order valence-electron chi connectivity index (χ1n) is 9.05. The number of benzene rings is 1.